The number of unbranched alkanes of at least 4 members (excludes halogenated alkanes) is 25. The molecule has 0 fully saturated rings. The zero-order valence-corrected chi connectivity index (χ0v) is 43.9. The third-order valence-corrected chi connectivity index (χ3v) is 11.9. The summed E-state index contributed by atoms with van der Waals surface area (Å²) < 4.78 is 16.7. The first-order valence-corrected chi connectivity index (χ1v) is 28.1. The molecule has 384 valence electrons. The van der Waals surface area contributed by atoms with Crippen molar-refractivity contribution in [2.24, 2.45) is 0 Å². The molecular formula is C61H104O6. The Morgan fingerprint density at radius 1 is 0.313 bits per heavy atom. The average Bonchev–Trinajstić information content (AvgIpc) is 3.33. The maximum Gasteiger partial charge on any atom is 0.306 e. The van der Waals surface area contributed by atoms with E-state index in [4.69, 9.17) is 14.2 Å². The molecule has 67 heavy (non-hydrogen) atoms. The first-order chi connectivity index (χ1) is 33.0. The maximum absolute atomic E-state index is 12.8. The molecule has 0 aromatic rings. The first kappa shape index (κ1) is 63.6. The van der Waals surface area contributed by atoms with Gasteiger partial charge in [-0.2, -0.15) is 0 Å². The first-order valence-electron chi connectivity index (χ1n) is 28.1. The van der Waals surface area contributed by atoms with Gasteiger partial charge in [0.1, 0.15) is 13.2 Å². The van der Waals surface area contributed by atoms with Crippen LogP contribution in [0, 0.1) is 0 Å². The molecular weight excluding hydrogens is 829 g/mol. The molecule has 0 aromatic carbocycles. The van der Waals surface area contributed by atoms with Crippen LogP contribution in [0.1, 0.15) is 265 Å². The molecule has 0 N–H and O–H groups in total. The minimum Gasteiger partial charge on any atom is -0.462 e. The van der Waals surface area contributed by atoms with Crippen molar-refractivity contribution in [3.63, 3.8) is 0 Å². The second-order valence-corrected chi connectivity index (χ2v) is 18.5. The molecule has 0 bridgehead atoms. The van der Waals surface area contributed by atoms with E-state index in [2.05, 4.69) is 106 Å². The summed E-state index contributed by atoms with van der Waals surface area (Å²) in [6.07, 6.45) is 71.7. The molecule has 0 heterocycles. The number of carbonyl (C=O) groups is 3. The summed E-state index contributed by atoms with van der Waals surface area (Å²) in [7, 11) is 0. The lowest BCUT2D eigenvalue weighted by atomic mass is 10.0. The quantitative estimate of drug-likeness (QED) is 0.0262. The van der Waals surface area contributed by atoms with Gasteiger partial charge < -0.3 is 14.2 Å². The fourth-order valence-electron chi connectivity index (χ4n) is 7.68. The SMILES string of the molecule is CC/C=C\C/C=C\C/C=C\C/C=C\C/C=C\CCCCCCCCCCCCCC(=O)OCC(COC(=O)CCCCCCCC)OC(=O)CCCCCCC/C=C\C/C=C\CCCCCC. The van der Waals surface area contributed by atoms with Crippen LogP contribution < -0.4 is 0 Å². The highest BCUT2D eigenvalue weighted by Gasteiger charge is 2.19. The van der Waals surface area contributed by atoms with Crippen LogP contribution in [0.3, 0.4) is 0 Å². The zero-order chi connectivity index (χ0) is 48.6. The molecule has 0 aliphatic carbocycles. The highest BCUT2D eigenvalue weighted by atomic mass is 16.6. The van der Waals surface area contributed by atoms with E-state index < -0.39 is 6.10 Å². The van der Waals surface area contributed by atoms with Gasteiger partial charge in [0.05, 0.1) is 0 Å². The van der Waals surface area contributed by atoms with E-state index in [9.17, 15) is 14.4 Å². The van der Waals surface area contributed by atoms with Gasteiger partial charge in [-0.05, 0) is 96.3 Å². The molecule has 0 aromatic heterocycles. The van der Waals surface area contributed by atoms with Crippen LogP contribution in [0.5, 0.6) is 0 Å². The molecule has 0 saturated carbocycles. The van der Waals surface area contributed by atoms with Crippen molar-refractivity contribution >= 4 is 17.9 Å². The number of carbonyl (C=O) groups excluding carboxylic acids is 3. The molecule has 0 spiro atoms. The van der Waals surface area contributed by atoms with Crippen molar-refractivity contribution in [1.29, 1.82) is 0 Å². The standard InChI is InChI=1S/C61H104O6/c1-4-7-10-13-16-18-20-22-24-26-27-28-29-30-31-32-33-34-35-36-38-39-41-43-45-48-51-54-60(63)66-57-58(56-65-59(62)53-50-47-15-12-9-6-3)67-61(64)55-52-49-46-44-42-40-37-25-23-21-19-17-14-11-8-5-2/h7,10,16,18-19,21-22,24-25,27-28,30-31,37,58H,4-6,8-9,11-15,17,20,23,26,29,32-36,38-57H2,1-3H3/b10-7-,18-16-,21-19-,24-22-,28-27-,31-30-,37-25-. The summed E-state index contributed by atoms with van der Waals surface area (Å²) in [6, 6.07) is 0. The summed E-state index contributed by atoms with van der Waals surface area (Å²) in [6.45, 7) is 6.44. The molecule has 6 nitrogen and oxygen atoms in total. The minimum absolute atomic E-state index is 0.0823. The number of hydrogen-bond acceptors (Lipinski definition) is 6. The summed E-state index contributed by atoms with van der Waals surface area (Å²) in [5.74, 6) is -0.906. The van der Waals surface area contributed by atoms with E-state index in [0.29, 0.717) is 19.3 Å². The summed E-state index contributed by atoms with van der Waals surface area (Å²) in [4.78, 5) is 37.8. The van der Waals surface area contributed by atoms with Gasteiger partial charge in [-0.25, -0.2) is 0 Å². The fourth-order valence-corrected chi connectivity index (χ4v) is 7.68. The minimum atomic E-state index is -0.781. The van der Waals surface area contributed by atoms with Crippen LogP contribution in [0.15, 0.2) is 85.1 Å². The van der Waals surface area contributed by atoms with Crippen LogP contribution in [0.4, 0.5) is 0 Å². The van der Waals surface area contributed by atoms with E-state index in [0.717, 1.165) is 116 Å². The van der Waals surface area contributed by atoms with Crippen molar-refractivity contribution in [3.8, 4) is 0 Å². The van der Waals surface area contributed by atoms with Gasteiger partial charge in [-0.15, -0.1) is 0 Å². The van der Waals surface area contributed by atoms with Crippen molar-refractivity contribution < 1.29 is 28.6 Å². The Bertz CT molecular complexity index is 1300. The Labute approximate surface area is 414 Å². The van der Waals surface area contributed by atoms with Gasteiger partial charge in [0.25, 0.3) is 0 Å². The summed E-state index contributed by atoms with van der Waals surface area (Å²) in [5, 5.41) is 0. The zero-order valence-electron chi connectivity index (χ0n) is 43.9. The van der Waals surface area contributed by atoms with Crippen molar-refractivity contribution in [2.45, 2.75) is 271 Å². The van der Waals surface area contributed by atoms with Crippen LogP contribution in [0.25, 0.3) is 0 Å². The molecule has 0 rings (SSSR count). The van der Waals surface area contributed by atoms with Gasteiger partial charge in [0, 0.05) is 19.3 Å². The highest BCUT2D eigenvalue weighted by Crippen LogP contribution is 2.15. The Hall–Kier alpha value is -3.41. The van der Waals surface area contributed by atoms with Crippen molar-refractivity contribution in [1.82, 2.24) is 0 Å². The van der Waals surface area contributed by atoms with E-state index >= 15 is 0 Å². The molecule has 0 aliphatic heterocycles. The molecule has 0 saturated heterocycles. The fraction of sp³-hybridized carbons (Fsp3) is 0.721. The van der Waals surface area contributed by atoms with Gasteiger partial charge in [-0.3, -0.25) is 14.4 Å². The number of allylic oxidation sites excluding steroid dienone is 14. The summed E-state index contributed by atoms with van der Waals surface area (Å²) >= 11 is 0. The molecule has 1 unspecified atom stereocenters. The topological polar surface area (TPSA) is 78.9 Å². The van der Waals surface area contributed by atoms with Gasteiger partial charge in [0.2, 0.25) is 0 Å². The molecule has 0 amide bonds. The number of hydrogen-bond donors (Lipinski definition) is 0. The van der Waals surface area contributed by atoms with Gasteiger partial charge in [0.15, 0.2) is 6.10 Å². The highest BCUT2D eigenvalue weighted by molar-refractivity contribution is 5.71. The van der Waals surface area contributed by atoms with E-state index in [1.807, 2.05) is 0 Å². The monoisotopic (exact) mass is 933 g/mol. The van der Waals surface area contributed by atoms with Crippen LogP contribution in [-0.2, 0) is 28.6 Å². The maximum atomic E-state index is 12.8. The van der Waals surface area contributed by atoms with Crippen LogP contribution >= 0.6 is 0 Å². The second-order valence-electron chi connectivity index (χ2n) is 18.5. The second kappa shape index (κ2) is 55.2. The number of rotatable bonds is 50. The molecule has 1 atom stereocenters. The van der Waals surface area contributed by atoms with Crippen LogP contribution in [0.2, 0.25) is 0 Å². The molecule has 6 heteroatoms. The molecule has 0 radical (unpaired) electrons. The Balaban J connectivity index is 4.14. The predicted octanol–water partition coefficient (Wildman–Crippen LogP) is 18.8. The lowest BCUT2D eigenvalue weighted by Crippen LogP contribution is -2.30. The van der Waals surface area contributed by atoms with E-state index in [1.165, 1.54) is 109 Å². The largest absolute Gasteiger partial charge is 0.462 e. The van der Waals surface area contributed by atoms with Crippen molar-refractivity contribution in [3.05, 3.63) is 85.1 Å². The Kier molecular flexibility index (Phi) is 52.4. The third kappa shape index (κ3) is 53.4. The normalized spacial score (nSPS) is 12.7. The number of ether oxygens (including phenoxy) is 3. The third-order valence-electron chi connectivity index (χ3n) is 11.9. The smallest absolute Gasteiger partial charge is 0.306 e. The summed E-state index contributed by atoms with van der Waals surface area (Å²) in [5.41, 5.74) is 0. The lowest BCUT2D eigenvalue weighted by molar-refractivity contribution is -0.167. The number of esters is 3. The van der Waals surface area contributed by atoms with Gasteiger partial charge in [-0.1, -0.05) is 234 Å². The Morgan fingerprint density at radius 3 is 0.925 bits per heavy atom. The average molecular weight is 933 g/mol. The van der Waals surface area contributed by atoms with Crippen LogP contribution in [-0.4, -0.2) is 37.2 Å². The predicted molar refractivity (Wildman–Crippen MR) is 288 cm³/mol. The van der Waals surface area contributed by atoms with Gasteiger partial charge >= 0.3 is 17.9 Å². The van der Waals surface area contributed by atoms with E-state index in [1.54, 1.807) is 0 Å². The van der Waals surface area contributed by atoms with E-state index in [-0.39, 0.29) is 31.1 Å². The lowest BCUT2D eigenvalue weighted by Gasteiger charge is -2.18. The Morgan fingerprint density at radius 2 is 0.582 bits per heavy atom. The molecule has 0 aliphatic rings. The van der Waals surface area contributed by atoms with Crippen molar-refractivity contribution in [2.75, 3.05) is 13.2 Å².